The van der Waals surface area contributed by atoms with E-state index >= 15 is 0 Å². The van der Waals surface area contributed by atoms with Crippen molar-refractivity contribution in [1.29, 1.82) is 0 Å². The zero-order chi connectivity index (χ0) is 28.4. The summed E-state index contributed by atoms with van der Waals surface area (Å²) in [6.45, 7) is 0. The minimum Gasteiger partial charge on any atom is -0.469 e. The van der Waals surface area contributed by atoms with Crippen molar-refractivity contribution < 1.29 is 31.5 Å². The molecule has 0 saturated carbocycles. The molecule has 0 aliphatic heterocycles. The van der Waals surface area contributed by atoms with E-state index in [2.05, 4.69) is 15.0 Å². The van der Waals surface area contributed by atoms with Crippen molar-refractivity contribution in [3.05, 3.63) is 95.4 Å². The fraction of sp³-hybridized carbons (Fsp3) is 0.172. The van der Waals surface area contributed by atoms with E-state index < -0.39 is 27.2 Å². The molecule has 5 aromatic rings. The summed E-state index contributed by atoms with van der Waals surface area (Å²) in [4.78, 5) is 21.4. The lowest BCUT2D eigenvalue weighted by molar-refractivity contribution is -0.140. The number of methoxy groups -OCH3 is 1. The Balaban J connectivity index is 1.40. The number of sulfone groups is 1. The van der Waals surface area contributed by atoms with E-state index in [-0.39, 0.29) is 39.8 Å². The monoisotopic (exact) mass is 565 g/mol. The van der Waals surface area contributed by atoms with Gasteiger partial charge in [-0.1, -0.05) is 24.3 Å². The van der Waals surface area contributed by atoms with Crippen LogP contribution in [0, 0.1) is 11.6 Å². The van der Waals surface area contributed by atoms with Gasteiger partial charge < -0.3 is 19.4 Å². The molecule has 0 atom stereocenters. The number of rotatable bonds is 9. The molecule has 2 heterocycles. The number of aromatic nitrogens is 3. The first kappa shape index (κ1) is 27.1. The van der Waals surface area contributed by atoms with E-state index in [1.165, 1.54) is 31.5 Å². The molecule has 0 bridgehead atoms. The van der Waals surface area contributed by atoms with E-state index in [1.54, 1.807) is 6.20 Å². The minimum atomic E-state index is -3.88. The summed E-state index contributed by atoms with van der Waals surface area (Å²) in [5, 5.41) is 0.284. The number of ether oxygens (including phenoxy) is 2. The number of nitrogens with one attached hydrogen (secondary N) is 2. The van der Waals surface area contributed by atoms with Crippen LogP contribution in [-0.4, -0.2) is 42.7 Å². The van der Waals surface area contributed by atoms with Crippen LogP contribution in [0.4, 0.5) is 8.78 Å². The van der Waals surface area contributed by atoms with E-state index in [4.69, 9.17) is 9.47 Å². The molecule has 0 amide bonds. The van der Waals surface area contributed by atoms with Crippen molar-refractivity contribution in [2.24, 2.45) is 0 Å². The van der Waals surface area contributed by atoms with Gasteiger partial charge in [0.25, 0.3) is 0 Å². The highest BCUT2D eigenvalue weighted by Gasteiger charge is 2.25. The molecular weight excluding hydrogens is 540 g/mol. The Labute approximate surface area is 228 Å². The van der Waals surface area contributed by atoms with Gasteiger partial charge in [-0.25, -0.2) is 22.2 Å². The summed E-state index contributed by atoms with van der Waals surface area (Å²) < 4.78 is 65.4. The van der Waals surface area contributed by atoms with Crippen LogP contribution in [0.1, 0.15) is 23.2 Å². The number of fused-ring (bicyclic) bond motifs is 1. The molecule has 0 unspecified atom stereocenters. The summed E-state index contributed by atoms with van der Waals surface area (Å²) in [6.07, 6.45) is 5.37. The number of esters is 1. The number of halogens is 2. The summed E-state index contributed by atoms with van der Waals surface area (Å²) in [7, 11) is -2.53. The lowest BCUT2D eigenvalue weighted by atomic mass is 10.0. The van der Waals surface area contributed by atoms with Crippen molar-refractivity contribution in [3.63, 3.8) is 0 Å². The third-order valence-corrected chi connectivity index (χ3v) is 7.51. The molecule has 206 valence electrons. The zero-order valence-electron chi connectivity index (χ0n) is 21.6. The quantitative estimate of drug-likeness (QED) is 0.221. The first-order valence-corrected chi connectivity index (χ1v) is 14.2. The average Bonchev–Trinajstić information content (AvgIpc) is 3.57. The summed E-state index contributed by atoms with van der Waals surface area (Å²) >= 11 is 0. The Morgan fingerprint density at radius 2 is 1.82 bits per heavy atom. The van der Waals surface area contributed by atoms with Crippen LogP contribution < -0.4 is 4.74 Å². The van der Waals surface area contributed by atoms with Crippen molar-refractivity contribution in [2.75, 3.05) is 13.4 Å². The molecular formula is C29H25F2N3O5S. The van der Waals surface area contributed by atoms with E-state index in [1.807, 2.05) is 24.3 Å². The molecule has 0 radical (unpaired) electrons. The smallest absolute Gasteiger partial charge is 0.305 e. The van der Waals surface area contributed by atoms with Gasteiger partial charge in [0.05, 0.1) is 12.7 Å². The van der Waals surface area contributed by atoms with Crippen molar-refractivity contribution in [1.82, 2.24) is 15.0 Å². The fourth-order valence-corrected chi connectivity index (χ4v) is 5.56. The van der Waals surface area contributed by atoms with Gasteiger partial charge in [-0.15, -0.1) is 0 Å². The SMILES string of the molecule is COC(=O)CCc1cccc(Cc2cnc(-c3cc(Oc4c(F)cc5[nH]ccc5c4S(C)(=O)=O)ccc3F)[nH]2)c1. The second kappa shape index (κ2) is 10.9. The molecule has 3 aromatic carbocycles. The van der Waals surface area contributed by atoms with Gasteiger partial charge in [-0.3, -0.25) is 4.79 Å². The number of carbonyl (C=O) groups is 1. The minimum absolute atomic E-state index is 0.0337. The van der Waals surface area contributed by atoms with Gasteiger partial charge in [0.1, 0.15) is 22.3 Å². The van der Waals surface area contributed by atoms with Gasteiger partial charge >= 0.3 is 5.97 Å². The lowest BCUT2D eigenvalue weighted by Crippen LogP contribution is -2.03. The van der Waals surface area contributed by atoms with Crippen molar-refractivity contribution in [2.45, 2.75) is 24.2 Å². The fourth-order valence-electron chi connectivity index (χ4n) is 4.50. The third kappa shape index (κ3) is 5.74. The van der Waals surface area contributed by atoms with Gasteiger partial charge in [0, 0.05) is 54.2 Å². The Morgan fingerprint density at radius 3 is 2.60 bits per heavy atom. The van der Waals surface area contributed by atoms with Crippen LogP contribution in [0.25, 0.3) is 22.3 Å². The lowest BCUT2D eigenvalue weighted by Gasteiger charge is -2.13. The van der Waals surface area contributed by atoms with Crippen molar-refractivity contribution >= 4 is 26.7 Å². The molecule has 0 spiro atoms. The molecule has 0 saturated heterocycles. The highest BCUT2D eigenvalue weighted by atomic mass is 32.2. The maximum atomic E-state index is 15.0. The van der Waals surface area contributed by atoms with E-state index in [9.17, 15) is 22.0 Å². The number of hydrogen-bond donors (Lipinski definition) is 2. The van der Waals surface area contributed by atoms with E-state index in [0.29, 0.717) is 24.1 Å². The third-order valence-electron chi connectivity index (χ3n) is 6.36. The number of aryl methyl sites for hydroxylation is 1. The normalized spacial score (nSPS) is 11.6. The predicted molar refractivity (Wildman–Crippen MR) is 145 cm³/mol. The number of nitrogens with zero attached hydrogens (tertiary/aromatic N) is 1. The predicted octanol–water partition coefficient (Wildman–Crippen LogP) is 5.73. The number of hydrogen-bond acceptors (Lipinski definition) is 6. The summed E-state index contributed by atoms with van der Waals surface area (Å²) in [5.74, 6) is -1.97. The van der Waals surface area contributed by atoms with Crippen LogP contribution in [-0.2, 0) is 32.2 Å². The second-order valence-corrected chi connectivity index (χ2v) is 11.3. The molecule has 0 aliphatic rings. The number of benzene rings is 3. The van der Waals surface area contributed by atoms with Crippen molar-refractivity contribution in [3.8, 4) is 22.9 Å². The molecule has 0 fully saturated rings. The highest BCUT2D eigenvalue weighted by molar-refractivity contribution is 7.91. The maximum absolute atomic E-state index is 15.0. The standard InChI is InChI=1S/C29H25F2N3O5S/c1-38-26(35)9-6-17-4-3-5-18(12-17)13-19-16-33-29(34-19)22-14-20(7-8-23(22)30)39-27-24(31)15-25-21(10-11-32-25)28(27)40(2,36)37/h3-5,7-8,10-12,14-16,32H,6,9,13H2,1-2H3,(H,33,34). The first-order chi connectivity index (χ1) is 19.1. The van der Waals surface area contributed by atoms with Gasteiger partial charge in [-0.2, -0.15) is 0 Å². The van der Waals surface area contributed by atoms with Gasteiger partial charge in [0.15, 0.2) is 21.4 Å². The molecule has 40 heavy (non-hydrogen) atoms. The number of H-pyrrole nitrogens is 2. The molecule has 0 aliphatic carbocycles. The Bertz CT molecular complexity index is 1830. The number of carbonyl (C=O) groups excluding carboxylic acids is 1. The highest BCUT2D eigenvalue weighted by Crippen LogP contribution is 2.38. The van der Waals surface area contributed by atoms with Crippen LogP contribution in [0.15, 0.2) is 71.9 Å². The van der Waals surface area contributed by atoms with Crippen LogP contribution in [0.3, 0.4) is 0 Å². The molecule has 5 rings (SSSR count). The Morgan fingerprint density at radius 1 is 1.02 bits per heavy atom. The average molecular weight is 566 g/mol. The first-order valence-electron chi connectivity index (χ1n) is 12.3. The van der Waals surface area contributed by atoms with Crippen LogP contribution >= 0.6 is 0 Å². The van der Waals surface area contributed by atoms with Crippen LogP contribution in [0.2, 0.25) is 0 Å². The molecule has 2 aromatic heterocycles. The largest absolute Gasteiger partial charge is 0.469 e. The zero-order valence-corrected chi connectivity index (χ0v) is 22.4. The van der Waals surface area contributed by atoms with Gasteiger partial charge in [0.2, 0.25) is 0 Å². The topological polar surface area (TPSA) is 114 Å². The maximum Gasteiger partial charge on any atom is 0.305 e. The number of aromatic amines is 2. The summed E-state index contributed by atoms with van der Waals surface area (Å²) in [6, 6.07) is 14.2. The van der Waals surface area contributed by atoms with Gasteiger partial charge in [-0.05, 0) is 41.8 Å². The van der Waals surface area contributed by atoms with E-state index in [0.717, 1.165) is 29.5 Å². The molecule has 2 N–H and O–H groups in total. The Kier molecular flexibility index (Phi) is 7.40. The molecule has 11 heteroatoms. The molecule has 8 nitrogen and oxygen atoms in total. The Hall–Kier alpha value is -4.51. The number of imidazole rings is 1. The second-order valence-electron chi connectivity index (χ2n) is 9.30. The van der Waals surface area contributed by atoms with Crippen LogP contribution in [0.5, 0.6) is 11.5 Å². The summed E-state index contributed by atoms with van der Waals surface area (Å²) in [5.41, 5.74) is 3.05.